The fraction of sp³-hybridized carbons (Fsp3) is 0.417. The summed E-state index contributed by atoms with van der Waals surface area (Å²) in [5, 5.41) is 11.8. The quantitative estimate of drug-likeness (QED) is 0.357. The summed E-state index contributed by atoms with van der Waals surface area (Å²) in [5.41, 5.74) is 7.92. The number of nitrogens with zero attached hydrogens (tertiary/aromatic N) is 2. The van der Waals surface area contributed by atoms with E-state index in [0.717, 1.165) is 11.3 Å². The van der Waals surface area contributed by atoms with Gasteiger partial charge in [0.2, 0.25) is 0 Å². The van der Waals surface area contributed by atoms with E-state index in [-0.39, 0.29) is 11.6 Å². The standard InChI is InChI=1S/C12H19N3O3S/c1-9-5-4-6-10(12(13)14-16)11(9)15(2)7-8-19(3,17)18/h4-6,16H,7-8H2,1-3H3,(H2,13,14). The molecule has 0 fully saturated rings. The third kappa shape index (κ3) is 4.13. The van der Waals surface area contributed by atoms with Gasteiger partial charge < -0.3 is 15.8 Å². The predicted octanol–water partition coefficient (Wildman–Crippen LogP) is 0.570. The molecule has 0 bridgehead atoms. The molecule has 0 aliphatic carbocycles. The van der Waals surface area contributed by atoms with Crippen LogP contribution in [-0.4, -0.2) is 45.1 Å². The number of oxime groups is 1. The lowest BCUT2D eigenvalue weighted by molar-refractivity contribution is 0.318. The van der Waals surface area contributed by atoms with Gasteiger partial charge in [0.25, 0.3) is 0 Å². The molecule has 0 atom stereocenters. The van der Waals surface area contributed by atoms with Gasteiger partial charge in [0.1, 0.15) is 9.84 Å². The van der Waals surface area contributed by atoms with Gasteiger partial charge in [-0.1, -0.05) is 17.3 Å². The van der Waals surface area contributed by atoms with Crippen molar-refractivity contribution in [3.05, 3.63) is 29.3 Å². The molecule has 0 saturated carbocycles. The van der Waals surface area contributed by atoms with Crippen molar-refractivity contribution in [2.24, 2.45) is 10.9 Å². The predicted molar refractivity (Wildman–Crippen MR) is 76.7 cm³/mol. The van der Waals surface area contributed by atoms with Crippen LogP contribution in [-0.2, 0) is 9.84 Å². The Bertz CT molecular complexity index is 582. The van der Waals surface area contributed by atoms with Crippen molar-refractivity contribution in [3.63, 3.8) is 0 Å². The highest BCUT2D eigenvalue weighted by Crippen LogP contribution is 2.24. The van der Waals surface area contributed by atoms with Crippen LogP contribution < -0.4 is 10.6 Å². The fourth-order valence-corrected chi connectivity index (χ4v) is 2.45. The Morgan fingerprint density at radius 1 is 1.47 bits per heavy atom. The summed E-state index contributed by atoms with van der Waals surface area (Å²) >= 11 is 0. The molecule has 19 heavy (non-hydrogen) atoms. The van der Waals surface area contributed by atoms with Crippen LogP contribution in [0.15, 0.2) is 23.4 Å². The molecule has 0 aliphatic rings. The van der Waals surface area contributed by atoms with Crippen LogP contribution in [0.1, 0.15) is 11.1 Å². The van der Waals surface area contributed by atoms with Crippen LogP contribution in [0.3, 0.4) is 0 Å². The number of benzene rings is 1. The molecule has 0 radical (unpaired) electrons. The number of nitrogens with two attached hydrogens (primary N) is 1. The number of para-hydroxylation sites is 1. The molecule has 7 heteroatoms. The topological polar surface area (TPSA) is 96.0 Å². The minimum absolute atomic E-state index is 0.00454. The number of aryl methyl sites for hydroxylation is 1. The van der Waals surface area contributed by atoms with Gasteiger partial charge >= 0.3 is 0 Å². The van der Waals surface area contributed by atoms with Gasteiger partial charge in [-0.15, -0.1) is 0 Å². The van der Waals surface area contributed by atoms with E-state index in [2.05, 4.69) is 5.16 Å². The Hall–Kier alpha value is -1.76. The highest BCUT2D eigenvalue weighted by atomic mass is 32.2. The minimum Gasteiger partial charge on any atom is -0.409 e. The zero-order valence-corrected chi connectivity index (χ0v) is 12.1. The van der Waals surface area contributed by atoms with E-state index in [1.165, 1.54) is 6.26 Å². The van der Waals surface area contributed by atoms with E-state index in [1.807, 2.05) is 13.0 Å². The summed E-state index contributed by atoms with van der Waals surface area (Å²) in [4.78, 5) is 1.80. The number of hydrogen-bond acceptors (Lipinski definition) is 5. The van der Waals surface area contributed by atoms with E-state index in [4.69, 9.17) is 10.9 Å². The second-order valence-electron chi connectivity index (χ2n) is 4.51. The smallest absolute Gasteiger partial charge is 0.172 e. The summed E-state index contributed by atoms with van der Waals surface area (Å²) in [7, 11) is -1.25. The average molecular weight is 285 g/mol. The van der Waals surface area contributed by atoms with Gasteiger partial charge in [-0.05, 0) is 18.6 Å². The maximum Gasteiger partial charge on any atom is 0.172 e. The Labute approximate surface area is 113 Å². The summed E-state index contributed by atoms with van der Waals surface area (Å²) in [6.07, 6.45) is 1.20. The van der Waals surface area contributed by atoms with Crippen molar-refractivity contribution in [3.8, 4) is 0 Å². The first-order valence-electron chi connectivity index (χ1n) is 5.72. The minimum atomic E-state index is -3.03. The molecule has 1 rings (SSSR count). The van der Waals surface area contributed by atoms with E-state index < -0.39 is 9.84 Å². The molecule has 0 aromatic heterocycles. The van der Waals surface area contributed by atoms with Gasteiger partial charge in [0, 0.05) is 25.4 Å². The van der Waals surface area contributed by atoms with Crippen molar-refractivity contribution in [1.29, 1.82) is 0 Å². The van der Waals surface area contributed by atoms with Crippen LogP contribution in [0.5, 0.6) is 0 Å². The molecular weight excluding hydrogens is 266 g/mol. The van der Waals surface area contributed by atoms with E-state index in [1.54, 1.807) is 24.1 Å². The van der Waals surface area contributed by atoms with Crippen LogP contribution in [0.4, 0.5) is 5.69 Å². The molecule has 0 amide bonds. The Morgan fingerprint density at radius 3 is 2.63 bits per heavy atom. The molecule has 6 nitrogen and oxygen atoms in total. The van der Waals surface area contributed by atoms with Crippen LogP contribution >= 0.6 is 0 Å². The zero-order chi connectivity index (χ0) is 14.6. The SMILES string of the molecule is Cc1cccc(/C(N)=N/O)c1N(C)CCS(C)(=O)=O. The zero-order valence-electron chi connectivity index (χ0n) is 11.3. The van der Waals surface area contributed by atoms with E-state index in [0.29, 0.717) is 12.1 Å². The van der Waals surface area contributed by atoms with Crippen molar-refractivity contribution < 1.29 is 13.6 Å². The maximum atomic E-state index is 11.2. The molecular formula is C12H19N3O3S. The second-order valence-corrected chi connectivity index (χ2v) is 6.77. The van der Waals surface area contributed by atoms with Gasteiger partial charge in [0.05, 0.1) is 11.4 Å². The molecule has 106 valence electrons. The van der Waals surface area contributed by atoms with Crippen molar-refractivity contribution in [2.45, 2.75) is 6.92 Å². The molecule has 0 heterocycles. The summed E-state index contributed by atoms with van der Waals surface area (Å²) in [6.45, 7) is 2.23. The number of rotatable bonds is 5. The lowest BCUT2D eigenvalue weighted by Crippen LogP contribution is -2.28. The highest BCUT2D eigenvalue weighted by molar-refractivity contribution is 7.90. The van der Waals surface area contributed by atoms with Gasteiger partial charge in [-0.25, -0.2) is 8.42 Å². The first kappa shape index (κ1) is 15.3. The number of sulfone groups is 1. The van der Waals surface area contributed by atoms with Gasteiger partial charge in [-0.3, -0.25) is 0 Å². The van der Waals surface area contributed by atoms with Crippen LogP contribution in [0.2, 0.25) is 0 Å². The molecule has 1 aromatic carbocycles. The van der Waals surface area contributed by atoms with Crippen molar-refractivity contribution in [2.75, 3.05) is 30.5 Å². The van der Waals surface area contributed by atoms with E-state index >= 15 is 0 Å². The lowest BCUT2D eigenvalue weighted by atomic mass is 10.1. The van der Waals surface area contributed by atoms with Crippen LogP contribution in [0, 0.1) is 6.92 Å². The molecule has 0 aliphatic heterocycles. The Balaban J connectivity index is 3.11. The Kier molecular flexibility index (Phi) is 4.77. The monoisotopic (exact) mass is 285 g/mol. The molecule has 3 N–H and O–H groups in total. The van der Waals surface area contributed by atoms with Gasteiger partial charge in [0.15, 0.2) is 5.84 Å². The highest BCUT2D eigenvalue weighted by Gasteiger charge is 2.15. The summed E-state index contributed by atoms with van der Waals surface area (Å²) < 4.78 is 22.4. The largest absolute Gasteiger partial charge is 0.409 e. The van der Waals surface area contributed by atoms with E-state index in [9.17, 15) is 8.42 Å². The average Bonchev–Trinajstić information content (AvgIpc) is 2.33. The van der Waals surface area contributed by atoms with Crippen molar-refractivity contribution >= 4 is 21.4 Å². The number of hydrogen-bond donors (Lipinski definition) is 2. The Morgan fingerprint density at radius 2 is 2.11 bits per heavy atom. The van der Waals surface area contributed by atoms with Crippen molar-refractivity contribution in [1.82, 2.24) is 0 Å². The summed E-state index contributed by atoms with van der Waals surface area (Å²) in [6, 6.07) is 5.42. The molecule has 0 spiro atoms. The first-order valence-corrected chi connectivity index (χ1v) is 7.78. The normalized spacial score (nSPS) is 12.5. The first-order chi connectivity index (χ1) is 8.76. The van der Waals surface area contributed by atoms with Crippen LogP contribution in [0.25, 0.3) is 0 Å². The molecule has 1 aromatic rings. The molecule has 0 unspecified atom stereocenters. The van der Waals surface area contributed by atoms with Gasteiger partial charge in [-0.2, -0.15) is 0 Å². The number of anilines is 1. The fourth-order valence-electron chi connectivity index (χ4n) is 1.84. The molecule has 0 saturated heterocycles. The number of amidine groups is 1. The lowest BCUT2D eigenvalue weighted by Gasteiger charge is -2.23. The third-order valence-corrected chi connectivity index (χ3v) is 3.72. The third-order valence-electron chi connectivity index (χ3n) is 2.80. The second kappa shape index (κ2) is 5.92. The summed E-state index contributed by atoms with van der Waals surface area (Å²) in [5.74, 6) is 0.0536. The maximum absolute atomic E-state index is 11.2.